The fourth-order valence-electron chi connectivity index (χ4n) is 2.08. The van der Waals surface area contributed by atoms with Gasteiger partial charge in [0.25, 0.3) is 0 Å². The molecule has 1 heterocycles. The van der Waals surface area contributed by atoms with Gasteiger partial charge in [0.15, 0.2) is 5.11 Å². The Bertz CT molecular complexity index is 591. The van der Waals surface area contributed by atoms with E-state index < -0.39 is 0 Å². The third-order valence-corrected chi connectivity index (χ3v) is 3.55. The number of carbonyl (C=O) groups excluding carboxylic acids is 2. The molecule has 1 fully saturated rings. The molecule has 1 aliphatic heterocycles. The van der Waals surface area contributed by atoms with Gasteiger partial charge in [-0.15, -0.1) is 0 Å². The zero-order valence-electron chi connectivity index (χ0n) is 13.0. The molecule has 0 unspecified atom stereocenters. The molecule has 1 aliphatic rings. The maximum Gasteiger partial charge on any atom is 0.238 e. The Balaban J connectivity index is 1.64. The Labute approximate surface area is 144 Å². The van der Waals surface area contributed by atoms with Crippen molar-refractivity contribution in [2.75, 3.05) is 31.6 Å². The lowest BCUT2D eigenvalue weighted by Gasteiger charge is -2.26. The van der Waals surface area contributed by atoms with E-state index in [1.807, 2.05) is 0 Å². The van der Waals surface area contributed by atoms with Crippen molar-refractivity contribution in [1.82, 2.24) is 15.8 Å². The van der Waals surface area contributed by atoms with Crippen LogP contribution >= 0.6 is 12.2 Å². The number of hydrogen-bond acceptors (Lipinski definition) is 4. The summed E-state index contributed by atoms with van der Waals surface area (Å²) in [7, 11) is 0. The van der Waals surface area contributed by atoms with Crippen LogP contribution in [0.2, 0.25) is 0 Å². The molecule has 9 heteroatoms. The Morgan fingerprint density at radius 1 is 1.12 bits per heavy atom. The topological polar surface area (TPSA) is 82.7 Å². The normalized spacial score (nSPS) is 14.0. The highest BCUT2D eigenvalue weighted by Gasteiger charge is 2.17. The van der Waals surface area contributed by atoms with Crippen LogP contribution in [0.15, 0.2) is 24.3 Å². The molecule has 0 atom stereocenters. The molecule has 1 aromatic rings. The summed E-state index contributed by atoms with van der Waals surface area (Å²) in [4.78, 5) is 25.3. The van der Waals surface area contributed by atoms with Crippen molar-refractivity contribution in [2.24, 2.45) is 0 Å². The second-order valence-electron chi connectivity index (χ2n) is 5.13. The molecule has 0 aromatic heterocycles. The van der Waals surface area contributed by atoms with E-state index in [9.17, 15) is 14.0 Å². The molecule has 0 saturated carbocycles. The van der Waals surface area contributed by atoms with Crippen LogP contribution in [0.1, 0.15) is 12.8 Å². The van der Waals surface area contributed by atoms with E-state index in [2.05, 4.69) is 16.2 Å². The molecule has 24 heavy (non-hydrogen) atoms. The minimum absolute atomic E-state index is 0.0579. The number of thiocarbonyl (C=S) groups is 1. The number of hydrogen-bond donors (Lipinski definition) is 3. The van der Waals surface area contributed by atoms with Crippen molar-refractivity contribution in [1.29, 1.82) is 0 Å². The first-order valence-corrected chi connectivity index (χ1v) is 7.92. The quantitative estimate of drug-likeness (QED) is 0.548. The van der Waals surface area contributed by atoms with Gasteiger partial charge in [-0.1, -0.05) is 0 Å². The number of hydrazine groups is 1. The number of carbonyl (C=O) groups is 2. The first-order valence-electron chi connectivity index (χ1n) is 7.51. The molecule has 2 rings (SSSR count). The molecule has 0 spiro atoms. The van der Waals surface area contributed by atoms with E-state index in [1.54, 1.807) is 4.90 Å². The van der Waals surface area contributed by atoms with Crippen molar-refractivity contribution in [3.8, 4) is 0 Å². The molecule has 0 bridgehead atoms. The Morgan fingerprint density at radius 3 is 2.46 bits per heavy atom. The highest BCUT2D eigenvalue weighted by Crippen LogP contribution is 2.07. The summed E-state index contributed by atoms with van der Waals surface area (Å²) in [5.74, 6) is -0.766. The predicted octanol–water partition coefficient (Wildman–Crippen LogP) is 0.782. The van der Waals surface area contributed by atoms with E-state index in [1.165, 1.54) is 24.3 Å². The molecule has 130 valence electrons. The largest absolute Gasteiger partial charge is 0.378 e. The maximum absolute atomic E-state index is 12.8. The van der Waals surface area contributed by atoms with Crippen LogP contribution in [0.5, 0.6) is 0 Å². The average molecular weight is 354 g/mol. The van der Waals surface area contributed by atoms with E-state index in [4.69, 9.17) is 17.0 Å². The fraction of sp³-hybridized carbons (Fsp3) is 0.400. The first kappa shape index (κ1) is 18.1. The number of rotatable bonds is 4. The first-order chi connectivity index (χ1) is 11.5. The van der Waals surface area contributed by atoms with Gasteiger partial charge >= 0.3 is 0 Å². The number of morpholine rings is 1. The zero-order valence-corrected chi connectivity index (χ0v) is 13.8. The molecule has 7 nitrogen and oxygen atoms in total. The third kappa shape index (κ3) is 6.09. The van der Waals surface area contributed by atoms with E-state index >= 15 is 0 Å². The van der Waals surface area contributed by atoms with Gasteiger partial charge in [-0.05, 0) is 36.5 Å². The number of nitrogens with one attached hydrogen (secondary N) is 3. The van der Waals surface area contributed by atoms with Crippen LogP contribution in [0.3, 0.4) is 0 Å². The van der Waals surface area contributed by atoms with Crippen molar-refractivity contribution < 1.29 is 18.7 Å². The molecule has 3 N–H and O–H groups in total. The molecular weight excluding hydrogens is 335 g/mol. The molecule has 0 aliphatic carbocycles. The number of benzene rings is 1. The molecular formula is C15H19FN4O3S. The monoisotopic (exact) mass is 354 g/mol. The van der Waals surface area contributed by atoms with Crippen molar-refractivity contribution >= 4 is 34.8 Å². The minimum Gasteiger partial charge on any atom is -0.378 e. The van der Waals surface area contributed by atoms with Crippen LogP contribution in [0.25, 0.3) is 0 Å². The van der Waals surface area contributed by atoms with Gasteiger partial charge < -0.3 is 15.0 Å². The average Bonchev–Trinajstić information content (AvgIpc) is 2.60. The molecule has 1 saturated heterocycles. The summed E-state index contributed by atoms with van der Waals surface area (Å²) in [6.07, 6.45) is 0.189. The smallest absolute Gasteiger partial charge is 0.238 e. The maximum atomic E-state index is 12.8. The van der Waals surface area contributed by atoms with Crippen molar-refractivity contribution in [3.63, 3.8) is 0 Å². The Morgan fingerprint density at radius 2 is 1.79 bits per heavy atom. The summed E-state index contributed by atoms with van der Waals surface area (Å²) in [5, 5.41) is 2.95. The molecule has 0 radical (unpaired) electrons. The SMILES string of the molecule is O=C(CCC(=O)N1CCOCC1)NNC(=S)Nc1ccc(F)cc1. The number of halogens is 1. The minimum atomic E-state index is -0.349. The Kier molecular flexibility index (Phi) is 6.89. The van der Waals surface area contributed by atoms with Crippen molar-refractivity contribution in [2.45, 2.75) is 12.8 Å². The van der Waals surface area contributed by atoms with Crippen LogP contribution in [-0.4, -0.2) is 48.1 Å². The van der Waals surface area contributed by atoms with Crippen LogP contribution in [0.4, 0.5) is 10.1 Å². The van der Waals surface area contributed by atoms with E-state index in [0.29, 0.717) is 32.0 Å². The molecule has 2 amide bonds. The number of amides is 2. The van der Waals surface area contributed by atoms with Gasteiger partial charge in [-0.25, -0.2) is 4.39 Å². The highest BCUT2D eigenvalue weighted by molar-refractivity contribution is 7.80. The van der Waals surface area contributed by atoms with Crippen molar-refractivity contribution in [3.05, 3.63) is 30.1 Å². The van der Waals surface area contributed by atoms with E-state index in [0.717, 1.165) is 0 Å². The standard InChI is InChI=1S/C15H19FN4O3S/c16-11-1-3-12(4-2-11)17-15(24)19-18-13(21)5-6-14(22)20-7-9-23-10-8-20/h1-4H,5-10H2,(H,18,21)(H2,17,19,24). The lowest BCUT2D eigenvalue weighted by Crippen LogP contribution is -2.44. The van der Waals surface area contributed by atoms with Gasteiger partial charge in [0.05, 0.1) is 13.2 Å². The number of anilines is 1. The van der Waals surface area contributed by atoms with Gasteiger partial charge in [0.2, 0.25) is 11.8 Å². The Hall–Kier alpha value is -2.26. The number of nitrogens with zero attached hydrogens (tertiary/aromatic N) is 1. The van der Waals surface area contributed by atoms with Crippen LogP contribution in [-0.2, 0) is 14.3 Å². The van der Waals surface area contributed by atoms with Gasteiger partial charge in [-0.2, -0.15) is 0 Å². The summed E-state index contributed by atoms with van der Waals surface area (Å²) in [5.41, 5.74) is 5.53. The second kappa shape index (κ2) is 9.14. The lowest BCUT2D eigenvalue weighted by atomic mass is 10.2. The van der Waals surface area contributed by atoms with Gasteiger partial charge in [0.1, 0.15) is 5.82 Å². The fourth-order valence-corrected chi connectivity index (χ4v) is 2.24. The highest BCUT2D eigenvalue weighted by atomic mass is 32.1. The summed E-state index contributed by atoms with van der Waals surface area (Å²) in [6, 6.07) is 5.62. The second-order valence-corrected chi connectivity index (χ2v) is 5.54. The summed E-state index contributed by atoms with van der Waals surface area (Å²) >= 11 is 5.01. The lowest BCUT2D eigenvalue weighted by molar-refractivity contribution is -0.137. The third-order valence-electron chi connectivity index (χ3n) is 3.35. The van der Waals surface area contributed by atoms with Crippen LogP contribution < -0.4 is 16.2 Å². The number of ether oxygens (including phenoxy) is 1. The van der Waals surface area contributed by atoms with Gasteiger partial charge in [0, 0.05) is 31.6 Å². The summed E-state index contributed by atoms with van der Waals surface area (Å²) in [6.45, 7) is 2.18. The zero-order chi connectivity index (χ0) is 17.4. The van der Waals surface area contributed by atoms with Crippen LogP contribution in [0, 0.1) is 5.82 Å². The predicted molar refractivity (Wildman–Crippen MR) is 90.5 cm³/mol. The summed E-state index contributed by atoms with van der Waals surface area (Å²) < 4.78 is 18.0. The molecule has 1 aromatic carbocycles. The van der Waals surface area contributed by atoms with Gasteiger partial charge in [-0.3, -0.25) is 20.4 Å². The van der Waals surface area contributed by atoms with E-state index in [-0.39, 0.29) is 35.6 Å².